The van der Waals surface area contributed by atoms with Crippen LogP contribution in [0.2, 0.25) is 0 Å². The van der Waals surface area contributed by atoms with Gasteiger partial charge < -0.3 is 10.2 Å². The van der Waals surface area contributed by atoms with Gasteiger partial charge >= 0.3 is 0 Å². The Morgan fingerprint density at radius 2 is 2.00 bits per heavy atom. The topological polar surface area (TPSA) is 15.3 Å². The van der Waals surface area contributed by atoms with E-state index in [0.717, 1.165) is 5.70 Å². The van der Waals surface area contributed by atoms with E-state index in [0.29, 0.717) is 6.04 Å². The maximum atomic E-state index is 3.77. The summed E-state index contributed by atoms with van der Waals surface area (Å²) >= 11 is 0. The van der Waals surface area contributed by atoms with Crippen molar-refractivity contribution < 1.29 is 0 Å². The molecule has 0 aromatic carbocycles. The van der Waals surface area contributed by atoms with Crippen LogP contribution >= 0.6 is 0 Å². The van der Waals surface area contributed by atoms with Crippen LogP contribution in [0.5, 0.6) is 0 Å². The van der Waals surface area contributed by atoms with E-state index in [4.69, 9.17) is 0 Å². The average Bonchev–Trinajstić information content (AvgIpc) is 2.20. The van der Waals surface area contributed by atoms with Gasteiger partial charge in [-0.05, 0) is 45.1 Å². The van der Waals surface area contributed by atoms with Crippen molar-refractivity contribution in [1.29, 1.82) is 0 Å². The average molecular weight is 192 g/mol. The lowest BCUT2D eigenvalue weighted by Crippen LogP contribution is -2.40. The molecule has 0 aromatic heterocycles. The second-order valence-electron chi connectivity index (χ2n) is 3.78. The highest BCUT2D eigenvalue weighted by molar-refractivity contribution is 5.19. The molecule has 1 rings (SSSR count). The molecule has 1 heterocycles. The first kappa shape index (κ1) is 11.1. The van der Waals surface area contributed by atoms with Gasteiger partial charge in [0.2, 0.25) is 0 Å². The van der Waals surface area contributed by atoms with Gasteiger partial charge in [-0.3, -0.25) is 0 Å². The predicted octanol–water partition coefficient (Wildman–Crippen LogP) is 1.93. The minimum absolute atomic E-state index is 0.593. The monoisotopic (exact) mass is 192 g/mol. The van der Waals surface area contributed by atoms with Crippen LogP contribution in [0.1, 0.15) is 12.8 Å². The lowest BCUT2D eigenvalue weighted by Gasteiger charge is -2.30. The highest BCUT2D eigenvalue weighted by Gasteiger charge is 2.15. The van der Waals surface area contributed by atoms with Crippen LogP contribution in [0, 0.1) is 0 Å². The van der Waals surface area contributed by atoms with Gasteiger partial charge in [-0.15, -0.1) is 0 Å². The lowest BCUT2D eigenvalue weighted by molar-refractivity contribution is 0.242. The molecule has 1 aliphatic rings. The number of hydrogen-bond acceptors (Lipinski definition) is 2. The van der Waals surface area contributed by atoms with E-state index < -0.39 is 0 Å². The molecule has 0 spiro atoms. The smallest absolute Gasteiger partial charge is 0.0336 e. The zero-order chi connectivity index (χ0) is 10.4. The standard InChI is InChI=1S/C12H20N2/c1-4-6-11(5-2)13-12-7-9-14(3)10-8-12/h4-6,12-13H,1-2,7-10H2,3H3/b11-6+. The van der Waals surface area contributed by atoms with Crippen molar-refractivity contribution in [2.45, 2.75) is 18.9 Å². The summed E-state index contributed by atoms with van der Waals surface area (Å²) < 4.78 is 0. The van der Waals surface area contributed by atoms with Crippen molar-refractivity contribution in [1.82, 2.24) is 10.2 Å². The highest BCUT2D eigenvalue weighted by Crippen LogP contribution is 2.10. The molecule has 2 nitrogen and oxygen atoms in total. The van der Waals surface area contributed by atoms with E-state index in [1.54, 1.807) is 6.08 Å². The van der Waals surface area contributed by atoms with Crippen molar-refractivity contribution in [3.8, 4) is 0 Å². The van der Waals surface area contributed by atoms with Crippen LogP contribution < -0.4 is 5.32 Å². The second kappa shape index (κ2) is 5.66. The fraction of sp³-hybridized carbons (Fsp3) is 0.500. The van der Waals surface area contributed by atoms with E-state index in [1.807, 2.05) is 12.2 Å². The van der Waals surface area contributed by atoms with Crippen molar-refractivity contribution in [2.75, 3.05) is 20.1 Å². The normalized spacial score (nSPS) is 20.5. The summed E-state index contributed by atoms with van der Waals surface area (Å²) in [5.74, 6) is 0. The van der Waals surface area contributed by atoms with Crippen molar-refractivity contribution in [2.24, 2.45) is 0 Å². The SMILES string of the molecule is C=C/C=C(\C=C)NC1CCN(C)CC1. The third-order valence-corrected chi connectivity index (χ3v) is 2.61. The van der Waals surface area contributed by atoms with Gasteiger partial charge in [0.25, 0.3) is 0 Å². The molecule has 1 N–H and O–H groups in total. The van der Waals surface area contributed by atoms with Crippen molar-refractivity contribution in [3.05, 3.63) is 37.1 Å². The van der Waals surface area contributed by atoms with Gasteiger partial charge in [-0.1, -0.05) is 19.2 Å². The van der Waals surface area contributed by atoms with Crippen LogP contribution in [0.3, 0.4) is 0 Å². The summed E-state index contributed by atoms with van der Waals surface area (Å²) in [6.07, 6.45) is 8.02. The van der Waals surface area contributed by atoms with Crippen LogP contribution in [0.25, 0.3) is 0 Å². The molecular formula is C12H20N2. The van der Waals surface area contributed by atoms with Gasteiger partial charge in [0.15, 0.2) is 0 Å². The summed E-state index contributed by atoms with van der Waals surface area (Å²) in [4.78, 5) is 2.36. The van der Waals surface area contributed by atoms with Gasteiger partial charge in [-0.25, -0.2) is 0 Å². The Kier molecular flexibility index (Phi) is 4.47. The number of likely N-dealkylation sites (tertiary alicyclic amines) is 1. The number of allylic oxidation sites excluding steroid dienone is 3. The van der Waals surface area contributed by atoms with Gasteiger partial charge in [0.1, 0.15) is 0 Å². The molecule has 2 heteroatoms. The number of piperidine rings is 1. The molecule has 0 aliphatic carbocycles. The number of rotatable bonds is 4. The first-order valence-corrected chi connectivity index (χ1v) is 5.16. The van der Waals surface area contributed by atoms with Crippen LogP contribution in [-0.4, -0.2) is 31.1 Å². The van der Waals surface area contributed by atoms with E-state index in [2.05, 4.69) is 30.4 Å². The quantitative estimate of drug-likeness (QED) is 0.685. The fourth-order valence-corrected chi connectivity index (χ4v) is 1.69. The summed E-state index contributed by atoms with van der Waals surface area (Å²) in [5, 5.41) is 3.47. The molecule has 1 saturated heterocycles. The minimum atomic E-state index is 0.593. The summed E-state index contributed by atoms with van der Waals surface area (Å²) in [7, 11) is 2.17. The molecule has 0 atom stereocenters. The molecule has 0 unspecified atom stereocenters. The molecule has 0 bridgehead atoms. The number of nitrogens with one attached hydrogen (secondary N) is 1. The third-order valence-electron chi connectivity index (χ3n) is 2.61. The van der Waals surface area contributed by atoms with Gasteiger partial charge in [0, 0.05) is 11.7 Å². The predicted molar refractivity (Wildman–Crippen MR) is 62.1 cm³/mol. The minimum Gasteiger partial charge on any atom is -0.382 e. The maximum absolute atomic E-state index is 3.77. The molecule has 0 saturated carbocycles. The highest BCUT2D eigenvalue weighted by atomic mass is 15.1. The molecule has 1 aliphatic heterocycles. The molecule has 0 radical (unpaired) electrons. The number of nitrogens with zero attached hydrogens (tertiary/aromatic N) is 1. The Balaban J connectivity index is 2.39. The second-order valence-corrected chi connectivity index (χ2v) is 3.78. The van der Waals surface area contributed by atoms with E-state index in [-0.39, 0.29) is 0 Å². The first-order chi connectivity index (χ1) is 6.76. The van der Waals surface area contributed by atoms with Gasteiger partial charge in [-0.2, -0.15) is 0 Å². The molecule has 0 aromatic rings. The molecule has 78 valence electrons. The van der Waals surface area contributed by atoms with E-state index in [9.17, 15) is 0 Å². The number of hydrogen-bond donors (Lipinski definition) is 1. The first-order valence-electron chi connectivity index (χ1n) is 5.16. The Labute approximate surface area is 87.0 Å². The van der Waals surface area contributed by atoms with E-state index >= 15 is 0 Å². The zero-order valence-electron chi connectivity index (χ0n) is 9.00. The molecule has 1 fully saturated rings. The van der Waals surface area contributed by atoms with Crippen molar-refractivity contribution >= 4 is 0 Å². The largest absolute Gasteiger partial charge is 0.382 e. The summed E-state index contributed by atoms with van der Waals surface area (Å²) in [6, 6.07) is 0.593. The Morgan fingerprint density at radius 3 is 2.50 bits per heavy atom. The summed E-state index contributed by atoms with van der Waals surface area (Å²) in [6.45, 7) is 9.81. The molecule has 0 amide bonds. The Bertz CT molecular complexity index is 222. The Hall–Kier alpha value is -1.02. The fourth-order valence-electron chi connectivity index (χ4n) is 1.69. The van der Waals surface area contributed by atoms with Crippen molar-refractivity contribution in [3.63, 3.8) is 0 Å². The summed E-state index contributed by atoms with van der Waals surface area (Å²) in [5.41, 5.74) is 1.08. The third kappa shape index (κ3) is 3.38. The van der Waals surface area contributed by atoms with Crippen LogP contribution in [0.4, 0.5) is 0 Å². The van der Waals surface area contributed by atoms with Crippen LogP contribution in [0.15, 0.2) is 37.1 Å². The van der Waals surface area contributed by atoms with E-state index in [1.165, 1.54) is 25.9 Å². The lowest BCUT2D eigenvalue weighted by atomic mass is 10.1. The van der Waals surface area contributed by atoms with Gasteiger partial charge in [0.05, 0.1) is 0 Å². The molecule has 14 heavy (non-hydrogen) atoms. The maximum Gasteiger partial charge on any atom is 0.0336 e. The molecular weight excluding hydrogens is 172 g/mol. The van der Waals surface area contributed by atoms with Crippen LogP contribution in [-0.2, 0) is 0 Å². The zero-order valence-corrected chi connectivity index (χ0v) is 9.00. The Morgan fingerprint density at radius 1 is 1.36 bits per heavy atom.